The number of aryl methyl sites for hydroxylation is 1. The predicted molar refractivity (Wildman–Crippen MR) is 114 cm³/mol. The maximum absolute atomic E-state index is 13.2. The summed E-state index contributed by atoms with van der Waals surface area (Å²) in [5.74, 6) is 0.436. The van der Waals surface area contributed by atoms with Crippen molar-refractivity contribution in [3.63, 3.8) is 0 Å². The van der Waals surface area contributed by atoms with Crippen LogP contribution in [0.4, 0.5) is 11.4 Å². The number of ether oxygens (including phenoxy) is 1. The molecular formula is C24H26N2O3. The Morgan fingerprint density at radius 2 is 1.86 bits per heavy atom. The molecule has 1 aliphatic heterocycles. The van der Waals surface area contributed by atoms with Gasteiger partial charge in [0.1, 0.15) is 5.76 Å². The van der Waals surface area contributed by atoms with Crippen LogP contribution in [0.2, 0.25) is 0 Å². The number of rotatable bonds is 6. The van der Waals surface area contributed by atoms with Gasteiger partial charge in [0.15, 0.2) is 0 Å². The van der Waals surface area contributed by atoms with Crippen LogP contribution in [0.3, 0.4) is 0 Å². The van der Waals surface area contributed by atoms with Gasteiger partial charge in [-0.3, -0.25) is 4.79 Å². The van der Waals surface area contributed by atoms with E-state index >= 15 is 0 Å². The Kier molecular flexibility index (Phi) is 5.96. The fourth-order valence-electron chi connectivity index (χ4n) is 3.62. The summed E-state index contributed by atoms with van der Waals surface area (Å²) in [7, 11) is 0. The Morgan fingerprint density at radius 3 is 2.59 bits per heavy atom. The van der Waals surface area contributed by atoms with Crippen molar-refractivity contribution in [1.82, 2.24) is 0 Å². The van der Waals surface area contributed by atoms with E-state index in [9.17, 15) is 4.79 Å². The Labute approximate surface area is 171 Å². The first kappa shape index (κ1) is 19.3. The molecule has 2 heterocycles. The van der Waals surface area contributed by atoms with Gasteiger partial charge in [-0.25, -0.2) is 0 Å². The summed E-state index contributed by atoms with van der Waals surface area (Å²) in [6, 6.07) is 19.9. The van der Waals surface area contributed by atoms with Crippen LogP contribution >= 0.6 is 0 Å². The maximum Gasteiger partial charge on any atom is 0.232 e. The predicted octanol–water partition coefficient (Wildman–Crippen LogP) is 4.39. The number of benzene rings is 2. The van der Waals surface area contributed by atoms with E-state index in [2.05, 4.69) is 16.3 Å². The second-order valence-corrected chi connectivity index (χ2v) is 7.39. The van der Waals surface area contributed by atoms with Gasteiger partial charge < -0.3 is 19.4 Å². The summed E-state index contributed by atoms with van der Waals surface area (Å²) in [4.78, 5) is 15.5. The Bertz CT molecular complexity index is 929. The number of nitrogens with zero attached hydrogens (tertiary/aromatic N) is 1. The highest BCUT2D eigenvalue weighted by atomic mass is 16.5. The van der Waals surface area contributed by atoms with Gasteiger partial charge >= 0.3 is 0 Å². The molecular weight excluding hydrogens is 364 g/mol. The van der Waals surface area contributed by atoms with E-state index < -0.39 is 0 Å². The minimum absolute atomic E-state index is 0.0376. The Morgan fingerprint density at radius 1 is 1.07 bits per heavy atom. The zero-order chi connectivity index (χ0) is 20.1. The maximum atomic E-state index is 13.2. The topological polar surface area (TPSA) is 54.7 Å². The molecule has 1 saturated heterocycles. The van der Waals surface area contributed by atoms with Crippen LogP contribution in [0.1, 0.15) is 22.8 Å². The van der Waals surface area contributed by atoms with Gasteiger partial charge in [0, 0.05) is 30.9 Å². The molecule has 1 aliphatic rings. The molecule has 0 spiro atoms. The van der Waals surface area contributed by atoms with E-state index in [-0.39, 0.29) is 11.8 Å². The molecule has 1 atom stereocenters. The molecule has 1 amide bonds. The highest BCUT2D eigenvalue weighted by Crippen LogP contribution is 2.26. The van der Waals surface area contributed by atoms with Crippen LogP contribution in [0.15, 0.2) is 71.3 Å². The molecule has 1 fully saturated rings. The molecule has 4 rings (SSSR count). The van der Waals surface area contributed by atoms with Crippen molar-refractivity contribution in [2.75, 3.05) is 36.5 Å². The third-order valence-corrected chi connectivity index (χ3v) is 5.27. The Hall–Kier alpha value is -3.05. The first-order valence-corrected chi connectivity index (χ1v) is 10.0. The lowest BCUT2D eigenvalue weighted by Gasteiger charge is -2.29. The normalized spacial score (nSPS) is 15.1. The number of carbonyl (C=O) groups excluding carboxylic acids is 1. The molecule has 29 heavy (non-hydrogen) atoms. The number of nitrogens with one attached hydrogen (secondary N) is 1. The number of anilines is 2. The number of carbonyl (C=O) groups is 1. The smallest absolute Gasteiger partial charge is 0.232 e. The minimum Gasteiger partial charge on any atom is -0.469 e. The lowest BCUT2D eigenvalue weighted by Crippen LogP contribution is -2.36. The van der Waals surface area contributed by atoms with E-state index in [4.69, 9.17) is 9.15 Å². The summed E-state index contributed by atoms with van der Waals surface area (Å²) in [6.45, 7) is 5.23. The molecule has 5 nitrogen and oxygen atoms in total. The zero-order valence-electron chi connectivity index (χ0n) is 16.6. The molecule has 0 aliphatic carbocycles. The highest BCUT2D eigenvalue weighted by Gasteiger charge is 2.23. The molecule has 1 aromatic heterocycles. The van der Waals surface area contributed by atoms with Crippen molar-refractivity contribution in [3.8, 4) is 0 Å². The second-order valence-electron chi connectivity index (χ2n) is 7.39. The van der Waals surface area contributed by atoms with Gasteiger partial charge in [-0.1, -0.05) is 35.9 Å². The largest absolute Gasteiger partial charge is 0.469 e. The van der Waals surface area contributed by atoms with Gasteiger partial charge in [-0.05, 0) is 42.8 Å². The summed E-state index contributed by atoms with van der Waals surface area (Å²) in [5, 5.41) is 3.11. The first-order valence-electron chi connectivity index (χ1n) is 10.0. The molecule has 1 N–H and O–H groups in total. The lowest BCUT2D eigenvalue weighted by atomic mass is 9.93. The van der Waals surface area contributed by atoms with Crippen molar-refractivity contribution in [2.24, 2.45) is 0 Å². The van der Waals surface area contributed by atoms with E-state index in [0.29, 0.717) is 6.42 Å². The molecule has 0 saturated carbocycles. The van der Waals surface area contributed by atoms with Crippen LogP contribution in [0.25, 0.3) is 0 Å². The monoisotopic (exact) mass is 390 g/mol. The fourth-order valence-corrected chi connectivity index (χ4v) is 3.62. The van der Waals surface area contributed by atoms with Crippen molar-refractivity contribution >= 4 is 17.3 Å². The zero-order valence-corrected chi connectivity index (χ0v) is 16.6. The van der Waals surface area contributed by atoms with Crippen LogP contribution in [-0.2, 0) is 16.0 Å². The van der Waals surface area contributed by atoms with Crippen LogP contribution in [-0.4, -0.2) is 32.2 Å². The van der Waals surface area contributed by atoms with Gasteiger partial charge in [0.2, 0.25) is 5.91 Å². The molecule has 3 aromatic rings. The van der Waals surface area contributed by atoms with Gasteiger partial charge in [-0.2, -0.15) is 0 Å². The van der Waals surface area contributed by atoms with Crippen LogP contribution in [0.5, 0.6) is 0 Å². The highest BCUT2D eigenvalue weighted by molar-refractivity contribution is 5.96. The summed E-state index contributed by atoms with van der Waals surface area (Å²) in [5.41, 5.74) is 4.05. The quantitative estimate of drug-likeness (QED) is 0.678. The number of furan rings is 1. The molecule has 1 unspecified atom stereocenters. The SMILES string of the molecule is Cc1ccc(C(Cc2ccco2)C(=O)Nc2cccc(N3CCOCC3)c2)cc1. The van der Waals surface area contributed by atoms with E-state index in [0.717, 1.165) is 49.0 Å². The summed E-state index contributed by atoms with van der Waals surface area (Å²) < 4.78 is 10.9. The van der Waals surface area contributed by atoms with Crippen LogP contribution < -0.4 is 10.2 Å². The van der Waals surface area contributed by atoms with Crippen molar-refractivity contribution < 1.29 is 13.9 Å². The summed E-state index contributed by atoms with van der Waals surface area (Å²) in [6.07, 6.45) is 2.16. The number of morpholine rings is 1. The van der Waals surface area contributed by atoms with E-state index in [1.807, 2.05) is 61.5 Å². The lowest BCUT2D eigenvalue weighted by molar-refractivity contribution is -0.117. The molecule has 5 heteroatoms. The van der Waals surface area contributed by atoms with Gasteiger partial charge in [0.05, 0.1) is 25.4 Å². The van der Waals surface area contributed by atoms with Crippen LogP contribution in [0, 0.1) is 6.92 Å². The van der Waals surface area contributed by atoms with Gasteiger partial charge in [0.25, 0.3) is 0 Å². The first-order chi connectivity index (χ1) is 14.2. The Balaban J connectivity index is 1.53. The number of amides is 1. The molecule has 0 bridgehead atoms. The van der Waals surface area contributed by atoms with E-state index in [1.54, 1.807) is 6.26 Å². The standard InChI is InChI=1S/C24H26N2O3/c1-18-7-9-19(10-8-18)23(17-22-6-3-13-29-22)24(27)25-20-4-2-5-21(16-20)26-11-14-28-15-12-26/h2-10,13,16,23H,11-12,14-15,17H2,1H3,(H,25,27). The second kappa shape index (κ2) is 8.97. The third-order valence-electron chi connectivity index (χ3n) is 5.27. The molecule has 2 aromatic carbocycles. The number of hydrogen-bond donors (Lipinski definition) is 1. The van der Waals surface area contributed by atoms with E-state index in [1.165, 1.54) is 5.56 Å². The van der Waals surface area contributed by atoms with Crippen molar-refractivity contribution in [3.05, 3.63) is 83.8 Å². The average molecular weight is 390 g/mol. The third kappa shape index (κ3) is 4.87. The summed E-state index contributed by atoms with van der Waals surface area (Å²) >= 11 is 0. The van der Waals surface area contributed by atoms with Crippen molar-refractivity contribution in [2.45, 2.75) is 19.3 Å². The van der Waals surface area contributed by atoms with Gasteiger partial charge in [-0.15, -0.1) is 0 Å². The van der Waals surface area contributed by atoms with Crippen molar-refractivity contribution in [1.29, 1.82) is 0 Å². The minimum atomic E-state index is -0.325. The number of hydrogen-bond acceptors (Lipinski definition) is 4. The fraction of sp³-hybridized carbons (Fsp3) is 0.292. The molecule has 0 radical (unpaired) electrons. The molecule has 150 valence electrons. The average Bonchev–Trinajstić information content (AvgIpc) is 3.27.